The molecule has 1 atom stereocenters. The van der Waals surface area contributed by atoms with Crippen molar-refractivity contribution >= 4 is 29.0 Å². The van der Waals surface area contributed by atoms with Gasteiger partial charge in [-0.05, 0) is 45.0 Å². The maximum absolute atomic E-state index is 13.3. The van der Waals surface area contributed by atoms with E-state index in [2.05, 4.69) is 20.4 Å². The Morgan fingerprint density at radius 2 is 1.86 bits per heavy atom. The van der Waals surface area contributed by atoms with Crippen molar-refractivity contribution in [1.82, 2.24) is 19.6 Å². The molecule has 0 radical (unpaired) electrons. The number of nitrogens with zero attached hydrogens (tertiary/aromatic N) is 5. The lowest BCUT2D eigenvalue weighted by Crippen LogP contribution is -2.37. The van der Waals surface area contributed by atoms with Crippen LogP contribution in [0.5, 0.6) is 0 Å². The number of amides is 1. The van der Waals surface area contributed by atoms with Crippen molar-refractivity contribution in [2.75, 3.05) is 36.5 Å². The van der Waals surface area contributed by atoms with Gasteiger partial charge in [-0.15, -0.1) is 5.10 Å². The lowest BCUT2D eigenvalue weighted by atomic mass is 10.1. The smallest absolute Gasteiger partial charge is 0.416 e. The number of aromatic nitrogens is 4. The first kappa shape index (κ1) is 24.4. The lowest BCUT2D eigenvalue weighted by molar-refractivity contribution is -0.137. The highest BCUT2D eigenvalue weighted by Gasteiger charge is 2.32. The zero-order valence-corrected chi connectivity index (χ0v) is 19.2. The summed E-state index contributed by atoms with van der Waals surface area (Å²) in [5, 5.41) is 6.52. The highest BCUT2D eigenvalue weighted by atomic mass is 19.4. The molecule has 0 saturated carbocycles. The minimum absolute atomic E-state index is 0.0456. The Hall–Kier alpha value is -3.74. The van der Waals surface area contributed by atoms with Crippen LogP contribution in [0.4, 0.5) is 24.5 Å². The van der Waals surface area contributed by atoms with Crippen LogP contribution in [0.3, 0.4) is 0 Å². The number of hydrogen-bond acceptors (Lipinski definition) is 8. The second kappa shape index (κ2) is 9.49. The number of carbonyl (C=O) groups is 2. The third-order valence-electron chi connectivity index (χ3n) is 5.39. The summed E-state index contributed by atoms with van der Waals surface area (Å²) in [6.45, 7) is 6.55. The van der Waals surface area contributed by atoms with Crippen molar-refractivity contribution in [3.63, 3.8) is 0 Å². The van der Waals surface area contributed by atoms with Gasteiger partial charge in [0.25, 0.3) is 17.5 Å². The quantitative estimate of drug-likeness (QED) is 0.542. The number of morpholine rings is 1. The minimum Gasteiger partial charge on any atom is -0.447 e. The molecule has 13 heteroatoms. The van der Waals surface area contributed by atoms with Crippen molar-refractivity contribution in [1.29, 1.82) is 0 Å². The summed E-state index contributed by atoms with van der Waals surface area (Å²) in [6.07, 6.45) is -5.93. The van der Waals surface area contributed by atoms with E-state index in [4.69, 9.17) is 9.47 Å². The van der Waals surface area contributed by atoms with Crippen molar-refractivity contribution in [3.8, 4) is 0 Å². The number of rotatable bonds is 5. The van der Waals surface area contributed by atoms with Crippen LogP contribution in [0, 0.1) is 13.8 Å². The van der Waals surface area contributed by atoms with Crippen LogP contribution in [0.25, 0.3) is 5.78 Å². The molecule has 186 valence electrons. The molecular formula is C22H23F3N6O4. The summed E-state index contributed by atoms with van der Waals surface area (Å²) in [5.74, 6) is -1.86. The molecule has 2 aromatic heterocycles. The van der Waals surface area contributed by atoms with Crippen molar-refractivity contribution in [2.45, 2.75) is 33.1 Å². The molecule has 1 N–H and O–H groups in total. The molecule has 1 aromatic carbocycles. The number of fused-ring (bicyclic) bond motifs is 1. The summed E-state index contributed by atoms with van der Waals surface area (Å²) >= 11 is 0. The van der Waals surface area contributed by atoms with Gasteiger partial charge in [0.15, 0.2) is 6.10 Å². The Morgan fingerprint density at radius 3 is 2.54 bits per heavy atom. The van der Waals surface area contributed by atoms with Crippen LogP contribution < -0.4 is 10.2 Å². The van der Waals surface area contributed by atoms with E-state index in [1.54, 1.807) is 19.9 Å². The van der Waals surface area contributed by atoms with Gasteiger partial charge in [0.05, 0.1) is 30.2 Å². The van der Waals surface area contributed by atoms with E-state index < -0.39 is 29.7 Å². The van der Waals surface area contributed by atoms with E-state index in [-0.39, 0.29) is 17.3 Å². The maximum atomic E-state index is 13.3. The predicted octanol–water partition coefficient (Wildman–Crippen LogP) is 2.78. The van der Waals surface area contributed by atoms with Crippen LogP contribution in [-0.2, 0) is 20.4 Å². The van der Waals surface area contributed by atoms with Crippen LogP contribution in [-0.4, -0.2) is 63.9 Å². The maximum Gasteiger partial charge on any atom is 0.416 e. The second-order valence-corrected chi connectivity index (χ2v) is 8.05. The fourth-order valence-electron chi connectivity index (χ4n) is 3.65. The Labute approximate surface area is 198 Å². The zero-order valence-electron chi connectivity index (χ0n) is 19.2. The molecule has 1 amide bonds. The van der Waals surface area contributed by atoms with Crippen LogP contribution >= 0.6 is 0 Å². The van der Waals surface area contributed by atoms with E-state index in [1.807, 2.05) is 4.90 Å². The molecule has 1 unspecified atom stereocenters. The largest absolute Gasteiger partial charge is 0.447 e. The molecule has 1 saturated heterocycles. The number of halogens is 3. The third-order valence-corrected chi connectivity index (χ3v) is 5.39. The van der Waals surface area contributed by atoms with Gasteiger partial charge in [0, 0.05) is 24.5 Å². The summed E-state index contributed by atoms with van der Waals surface area (Å²) in [4.78, 5) is 35.4. The topological polar surface area (TPSA) is 111 Å². The zero-order chi connectivity index (χ0) is 25.3. The summed E-state index contributed by atoms with van der Waals surface area (Å²) < 4.78 is 51.7. The number of aryl methyl sites for hydroxylation is 2. The molecular weight excluding hydrogens is 469 g/mol. The Kier molecular flexibility index (Phi) is 6.61. The molecule has 1 fully saturated rings. The van der Waals surface area contributed by atoms with Crippen molar-refractivity contribution < 1.29 is 32.2 Å². The minimum atomic E-state index is -4.60. The molecule has 3 aromatic rings. The highest BCUT2D eigenvalue weighted by molar-refractivity contribution is 5.99. The van der Waals surface area contributed by atoms with Gasteiger partial charge in [-0.3, -0.25) is 4.79 Å². The predicted molar refractivity (Wildman–Crippen MR) is 118 cm³/mol. The molecule has 35 heavy (non-hydrogen) atoms. The Bertz CT molecular complexity index is 1270. The first-order chi connectivity index (χ1) is 16.5. The number of carbonyl (C=O) groups excluding carboxylic acids is 2. The fraction of sp³-hybridized carbons (Fsp3) is 0.409. The van der Waals surface area contributed by atoms with Crippen LogP contribution in [0.1, 0.15) is 34.5 Å². The fourth-order valence-corrected chi connectivity index (χ4v) is 3.65. The third kappa shape index (κ3) is 5.34. The van der Waals surface area contributed by atoms with E-state index in [0.29, 0.717) is 43.4 Å². The normalized spacial score (nSPS) is 15.2. The van der Waals surface area contributed by atoms with Gasteiger partial charge in [-0.1, -0.05) is 0 Å². The average Bonchev–Trinajstić information content (AvgIpc) is 3.23. The standard InChI is InChI=1S/C22H23F3N6O4/c1-12-10-13(2)31-21(26-12)28-18(29-31)20(33)35-14(3)19(32)27-16-11-15(22(23,24)25)4-5-17(16)30-6-8-34-9-7-30/h4-5,10-11,14H,6-9H2,1-3H3,(H,27,32). The van der Waals surface area contributed by atoms with Gasteiger partial charge in [0.1, 0.15) is 0 Å². The molecule has 0 spiro atoms. The average molecular weight is 492 g/mol. The molecule has 0 bridgehead atoms. The summed E-state index contributed by atoms with van der Waals surface area (Å²) in [7, 11) is 0. The van der Waals surface area contributed by atoms with Crippen LogP contribution in [0.15, 0.2) is 24.3 Å². The van der Waals surface area contributed by atoms with E-state index >= 15 is 0 Å². The van der Waals surface area contributed by atoms with Crippen molar-refractivity contribution in [2.24, 2.45) is 0 Å². The number of ether oxygens (including phenoxy) is 2. The van der Waals surface area contributed by atoms with E-state index in [9.17, 15) is 22.8 Å². The molecule has 3 heterocycles. The number of nitrogens with one attached hydrogen (secondary N) is 1. The van der Waals surface area contributed by atoms with Gasteiger partial charge >= 0.3 is 12.1 Å². The van der Waals surface area contributed by atoms with Gasteiger partial charge < -0.3 is 19.7 Å². The Balaban J connectivity index is 1.52. The van der Waals surface area contributed by atoms with E-state index in [1.165, 1.54) is 17.5 Å². The summed E-state index contributed by atoms with van der Waals surface area (Å²) in [6, 6.07) is 4.88. The van der Waals surface area contributed by atoms with Gasteiger partial charge in [-0.2, -0.15) is 18.2 Å². The highest BCUT2D eigenvalue weighted by Crippen LogP contribution is 2.36. The number of hydrogen-bond donors (Lipinski definition) is 1. The van der Waals surface area contributed by atoms with Crippen molar-refractivity contribution in [3.05, 3.63) is 47.0 Å². The van der Waals surface area contributed by atoms with Gasteiger partial charge in [-0.25, -0.2) is 14.3 Å². The SMILES string of the molecule is Cc1cc(C)n2nc(C(=O)OC(C)C(=O)Nc3cc(C(F)(F)F)ccc3N3CCOCC3)nc2n1. The number of anilines is 2. The first-order valence-electron chi connectivity index (χ1n) is 10.8. The number of benzene rings is 1. The lowest BCUT2D eigenvalue weighted by Gasteiger charge is -2.31. The second-order valence-electron chi connectivity index (χ2n) is 8.05. The molecule has 10 nitrogen and oxygen atoms in total. The first-order valence-corrected chi connectivity index (χ1v) is 10.8. The molecule has 1 aliphatic rings. The van der Waals surface area contributed by atoms with Gasteiger partial charge in [0.2, 0.25) is 0 Å². The number of alkyl halides is 3. The Morgan fingerprint density at radius 1 is 1.14 bits per heavy atom. The summed E-state index contributed by atoms with van der Waals surface area (Å²) in [5.41, 5.74) is 0.835. The van der Waals surface area contributed by atoms with E-state index in [0.717, 1.165) is 12.1 Å². The molecule has 1 aliphatic heterocycles. The van der Waals surface area contributed by atoms with Crippen LogP contribution in [0.2, 0.25) is 0 Å². The molecule has 0 aliphatic carbocycles. The molecule has 4 rings (SSSR count). The monoisotopic (exact) mass is 492 g/mol. The number of esters is 1.